The van der Waals surface area contributed by atoms with Crippen molar-refractivity contribution in [1.82, 2.24) is 4.57 Å². The Morgan fingerprint density at radius 2 is 1.89 bits per heavy atom. The Labute approximate surface area is 109 Å². The maximum atomic E-state index is 11.1. The molecule has 19 heavy (non-hydrogen) atoms. The molecule has 1 aromatic carbocycles. The van der Waals surface area contributed by atoms with Crippen LogP contribution >= 0.6 is 0 Å². The zero-order valence-electron chi connectivity index (χ0n) is 10.2. The molecular weight excluding hydrogens is 248 g/mol. The van der Waals surface area contributed by atoms with Crippen LogP contribution in [0.3, 0.4) is 0 Å². The minimum absolute atomic E-state index is 0.0198. The molecule has 2 aromatic rings. The summed E-state index contributed by atoms with van der Waals surface area (Å²) in [5.74, 6) is -0.991. The highest BCUT2D eigenvalue weighted by Gasteiger charge is 2.12. The predicted octanol–water partition coefficient (Wildman–Crippen LogP) is 2.45. The number of nitrogens with zero attached hydrogens (tertiary/aromatic N) is 2. The molecular formula is C13H12N2O4. The fraction of sp³-hybridized carbons (Fsp3) is 0.154. The summed E-state index contributed by atoms with van der Waals surface area (Å²) >= 11 is 0. The highest BCUT2D eigenvalue weighted by atomic mass is 16.6. The first-order valence-corrected chi connectivity index (χ1v) is 5.62. The van der Waals surface area contributed by atoms with E-state index in [-0.39, 0.29) is 11.4 Å². The van der Waals surface area contributed by atoms with Crippen LogP contribution < -0.4 is 0 Å². The van der Waals surface area contributed by atoms with Crippen LogP contribution in [0.15, 0.2) is 36.4 Å². The van der Waals surface area contributed by atoms with Gasteiger partial charge in [-0.3, -0.25) is 10.1 Å². The number of carboxylic acid groups (broad SMARTS) is 1. The number of aromatic nitrogens is 1. The minimum atomic E-state index is -0.991. The number of hydrogen-bond acceptors (Lipinski definition) is 3. The van der Waals surface area contributed by atoms with E-state index < -0.39 is 10.9 Å². The molecule has 98 valence electrons. The van der Waals surface area contributed by atoms with Crippen molar-refractivity contribution in [3.63, 3.8) is 0 Å². The monoisotopic (exact) mass is 260 g/mol. The second-order valence-corrected chi connectivity index (χ2v) is 4.17. The second-order valence-electron chi connectivity index (χ2n) is 4.17. The molecule has 0 aliphatic rings. The van der Waals surface area contributed by atoms with Crippen LogP contribution in [0.4, 0.5) is 5.69 Å². The Morgan fingerprint density at radius 3 is 2.42 bits per heavy atom. The molecule has 0 bridgehead atoms. The van der Waals surface area contributed by atoms with E-state index in [1.165, 1.54) is 12.1 Å². The summed E-state index contributed by atoms with van der Waals surface area (Å²) in [4.78, 5) is 21.1. The standard InChI is InChI=1S/C13H12N2O4/c1-9-2-7-12(13(16)17)14(9)8-10-3-5-11(6-4-10)15(18)19/h2-7H,8H2,1H3,(H,16,17). The van der Waals surface area contributed by atoms with E-state index in [2.05, 4.69) is 0 Å². The van der Waals surface area contributed by atoms with Crippen LogP contribution in [0.1, 0.15) is 21.7 Å². The van der Waals surface area contributed by atoms with Gasteiger partial charge in [-0.25, -0.2) is 4.79 Å². The van der Waals surface area contributed by atoms with Gasteiger partial charge in [-0.1, -0.05) is 12.1 Å². The number of rotatable bonds is 4. The van der Waals surface area contributed by atoms with Gasteiger partial charge in [0.15, 0.2) is 0 Å². The lowest BCUT2D eigenvalue weighted by molar-refractivity contribution is -0.384. The van der Waals surface area contributed by atoms with Crippen molar-refractivity contribution in [3.05, 3.63) is 63.5 Å². The summed E-state index contributed by atoms with van der Waals surface area (Å²) in [6.07, 6.45) is 0. The zero-order valence-corrected chi connectivity index (χ0v) is 10.2. The number of hydrogen-bond donors (Lipinski definition) is 1. The fourth-order valence-corrected chi connectivity index (χ4v) is 1.87. The highest BCUT2D eigenvalue weighted by Crippen LogP contribution is 2.16. The van der Waals surface area contributed by atoms with Crippen molar-refractivity contribution in [2.24, 2.45) is 0 Å². The number of nitro benzene ring substituents is 1. The van der Waals surface area contributed by atoms with Gasteiger partial charge >= 0.3 is 5.97 Å². The van der Waals surface area contributed by atoms with E-state index in [0.29, 0.717) is 6.54 Å². The van der Waals surface area contributed by atoms with Gasteiger partial charge in [0, 0.05) is 24.4 Å². The molecule has 0 atom stereocenters. The normalized spacial score (nSPS) is 10.4. The van der Waals surface area contributed by atoms with Gasteiger partial charge in [-0.05, 0) is 24.6 Å². The van der Waals surface area contributed by atoms with Crippen LogP contribution in [-0.4, -0.2) is 20.6 Å². The molecule has 1 aromatic heterocycles. The van der Waals surface area contributed by atoms with Crippen molar-refractivity contribution in [3.8, 4) is 0 Å². The van der Waals surface area contributed by atoms with Crippen LogP contribution in [0.25, 0.3) is 0 Å². The molecule has 0 spiro atoms. The molecule has 2 rings (SSSR count). The first-order chi connectivity index (χ1) is 8.99. The van der Waals surface area contributed by atoms with Gasteiger partial charge in [0.25, 0.3) is 5.69 Å². The number of nitro groups is 1. The second kappa shape index (κ2) is 4.93. The first-order valence-electron chi connectivity index (χ1n) is 5.62. The van der Waals surface area contributed by atoms with E-state index in [0.717, 1.165) is 11.3 Å². The third kappa shape index (κ3) is 2.62. The van der Waals surface area contributed by atoms with Crippen molar-refractivity contribution in [2.75, 3.05) is 0 Å². The average molecular weight is 260 g/mol. The van der Waals surface area contributed by atoms with E-state index >= 15 is 0 Å². The van der Waals surface area contributed by atoms with Crippen LogP contribution in [0.5, 0.6) is 0 Å². The molecule has 0 unspecified atom stereocenters. The van der Waals surface area contributed by atoms with E-state index in [4.69, 9.17) is 5.11 Å². The zero-order chi connectivity index (χ0) is 14.0. The number of non-ortho nitro benzene ring substituents is 1. The lowest BCUT2D eigenvalue weighted by Gasteiger charge is -2.09. The molecule has 0 radical (unpaired) electrons. The third-order valence-corrected chi connectivity index (χ3v) is 2.91. The van der Waals surface area contributed by atoms with Crippen LogP contribution in [0, 0.1) is 17.0 Å². The van der Waals surface area contributed by atoms with Gasteiger partial charge in [0.2, 0.25) is 0 Å². The molecule has 6 nitrogen and oxygen atoms in total. The van der Waals surface area contributed by atoms with Crippen molar-refractivity contribution in [1.29, 1.82) is 0 Å². The Kier molecular flexibility index (Phi) is 3.33. The summed E-state index contributed by atoms with van der Waals surface area (Å²) in [5.41, 5.74) is 1.87. The maximum absolute atomic E-state index is 11.1. The first kappa shape index (κ1) is 12.8. The Balaban J connectivity index is 2.28. The third-order valence-electron chi connectivity index (χ3n) is 2.91. The minimum Gasteiger partial charge on any atom is -0.477 e. The molecule has 0 amide bonds. The Hall–Kier alpha value is -2.63. The van der Waals surface area contributed by atoms with Gasteiger partial charge in [-0.15, -0.1) is 0 Å². The van der Waals surface area contributed by atoms with E-state index in [9.17, 15) is 14.9 Å². The number of aromatic carboxylic acids is 1. The quantitative estimate of drug-likeness (QED) is 0.675. The molecule has 0 saturated carbocycles. The van der Waals surface area contributed by atoms with Crippen LogP contribution in [0.2, 0.25) is 0 Å². The molecule has 0 aliphatic carbocycles. The predicted molar refractivity (Wildman–Crippen MR) is 68.3 cm³/mol. The van der Waals surface area contributed by atoms with E-state index in [1.807, 2.05) is 6.92 Å². The number of aryl methyl sites for hydroxylation is 1. The number of benzene rings is 1. The van der Waals surface area contributed by atoms with Crippen molar-refractivity contribution < 1.29 is 14.8 Å². The largest absolute Gasteiger partial charge is 0.477 e. The van der Waals surface area contributed by atoms with Gasteiger partial charge < -0.3 is 9.67 Å². The topological polar surface area (TPSA) is 85.4 Å². The summed E-state index contributed by atoms with van der Waals surface area (Å²) in [6.45, 7) is 2.19. The van der Waals surface area contributed by atoms with Gasteiger partial charge in [0.1, 0.15) is 5.69 Å². The van der Waals surface area contributed by atoms with E-state index in [1.54, 1.807) is 28.8 Å². The van der Waals surface area contributed by atoms with Crippen molar-refractivity contribution in [2.45, 2.75) is 13.5 Å². The highest BCUT2D eigenvalue weighted by molar-refractivity contribution is 5.86. The van der Waals surface area contributed by atoms with Gasteiger partial charge in [0.05, 0.1) is 4.92 Å². The molecule has 1 N–H and O–H groups in total. The number of carbonyl (C=O) groups is 1. The SMILES string of the molecule is Cc1ccc(C(=O)O)n1Cc1ccc([N+](=O)[O-])cc1. The molecule has 6 heteroatoms. The Bertz CT molecular complexity index is 629. The lowest BCUT2D eigenvalue weighted by Crippen LogP contribution is -2.10. The maximum Gasteiger partial charge on any atom is 0.352 e. The van der Waals surface area contributed by atoms with Gasteiger partial charge in [-0.2, -0.15) is 0 Å². The fourth-order valence-electron chi connectivity index (χ4n) is 1.87. The summed E-state index contributed by atoms with van der Waals surface area (Å²) in [5, 5.41) is 19.6. The average Bonchev–Trinajstić information content (AvgIpc) is 2.72. The number of carboxylic acids is 1. The van der Waals surface area contributed by atoms with Crippen LogP contribution in [-0.2, 0) is 6.54 Å². The summed E-state index contributed by atoms with van der Waals surface area (Å²) in [6, 6.07) is 9.35. The lowest BCUT2D eigenvalue weighted by atomic mass is 10.2. The molecule has 1 heterocycles. The summed E-state index contributed by atoms with van der Waals surface area (Å²) < 4.78 is 1.66. The molecule has 0 fully saturated rings. The molecule has 0 aliphatic heterocycles. The smallest absolute Gasteiger partial charge is 0.352 e. The Morgan fingerprint density at radius 1 is 1.26 bits per heavy atom. The molecule has 0 saturated heterocycles. The van der Waals surface area contributed by atoms with Crippen molar-refractivity contribution >= 4 is 11.7 Å². The summed E-state index contributed by atoms with van der Waals surface area (Å²) in [7, 11) is 0.